The van der Waals surface area contributed by atoms with E-state index >= 15 is 0 Å². The van der Waals surface area contributed by atoms with E-state index in [-0.39, 0.29) is 5.56 Å². The molecule has 0 aliphatic heterocycles. The van der Waals surface area contributed by atoms with Crippen LogP contribution in [0.2, 0.25) is 0 Å². The van der Waals surface area contributed by atoms with Crippen molar-refractivity contribution >= 4 is 17.5 Å². The summed E-state index contributed by atoms with van der Waals surface area (Å²) >= 11 is 1.14. The van der Waals surface area contributed by atoms with E-state index in [1.807, 2.05) is 6.92 Å². The molecule has 6 nitrogen and oxygen atoms in total. The Labute approximate surface area is 113 Å². The lowest BCUT2D eigenvalue weighted by molar-refractivity contribution is 0.0696. The largest absolute Gasteiger partial charge is 0.493 e. The molecule has 0 fully saturated rings. The minimum atomic E-state index is -1.02. The Morgan fingerprint density at radius 1 is 1.42 bits per heavy atom. The molecule has 1 heterocycles. The summed E-state index contributed by atoms with van der Waals surface area (Å²) in [4.78, 5) is 15.0. The second-order valence-corrected chi connectivity index (χ2v) is 4.32. The lowest BCUT2D eigenvalue weighted by Gasteiger charge is -2.08. The standard InChI is InChI=1S/C12H12N2O4S/c1-3-10-13-12(19-14-10)18-8-5-4-7(11(15)16)6-9(8)17-2/h4-6H,3H2,1-2H3,(H,15,16). The van der Waals surface area contributed by atoms with Crippen molar-refractivity contribution in [2.75, 3.05) is 7.11 Å². The molecule has 0 aliphatic carbocycles. The lowest BCUT2D eigenvalue weighted by atomic mass is 10.2. The van der Waals surface area contributed by atoms with Crippen molar-refractivity contribution in [1.82, 2.24) is 9.36 Å². The van der Waals surface area contributed by atoms with Crippen LogP contribution in [0.3, 0.4) is 0 Å². The number of aryl methyl sites for hydroxylation is 1. The molecule has 7 heteroatoms. The number of nitrogens with zero attached hydrogens (tertiary/aromatic N) is 2. The molecule has 2 rings (SSSR count). The monoisotopic (exact) mass is 280 g/mol. The van der Waals surface area contributed by atoms with Gasteiger partial charge in [0.05, 0.1) is 12.7 Å². The maximum absolute atomic E-state index is 10.9. The topological polar surface area (TPSA) is 81.5 Å². The zero-order chi connectivity index (χ0) is 13.8. The lowest BCUT2D eigenvalue weighted by Crippen LogP contribution is -1.98. The minimum absolute atomic E-state index is 0.135. The average molecular weight is 280 g/mol. The summed E-state index contributed by atoms with van der Waals surface area (Å²) in [5, 5.41) is 9.31. The zero-order valence-corrected chi connectivity index (χ0v) is 11.2. The van der Waals surface area contributed by atoms with Crippen LogP contribution in [0.15, 0.2) is 18.2 Å². The third kappa shape index (κ3) is 3.00. The van der Waals surface area contributed by atoms with Gasteiger partial charge in [0, 0.05) is 18.0 Å². The van der Waals surface area contributed by atoms with Crippen LogP contribution in [0.4, 0.5) is 0 Å². The third-order valence-electron chi connectivity index (χ3n) is 2.37. The Morgan fingerprint density at radius 2 is 2.21 bits per heavy atom. The Balaban J connectivity index is 2.26. The molecule has 2 aromatic rings. The van der Waals surface area contributed by atoms with Gasteiger partial charge in [-0.1, -0.05) is 6.92 Å². The molecule has 0 radical (unpaired) electrons. The highest BCUT2D eigenvalue weighted by Gasteiger charge is 2.12. The molecule has 0 bridgehead atoms. The minimum Gasteiger partial charge on any atom is -0.493 e. The number of benzene rings is 1. The molecule has 0 saturated heterocycles. The van der Waals surface area contributed by atoms with E-state index in [1.165, 1.54) is 25.3 Å². The number of aromatic carboxylic acids is 1. The number of carboxylic acids is 1. The summed E-state index contributed by atoms with van der Waals surface area (Å²) in [6, 6.07) is 4.39. The first-order valence-electron chi connectivity index (χ1n) is 5.55. The second kappa shape index (κ2) is 5.66. The predicted octanol–water partition coefficient (Wildman–Crippen LogP) is 2.60. The highest BCUT2D eigenvalue weighted by Crippen LogP contribution is 2.33. The molecule has 100 valence electrons. The number of aromatic nitrogens is 2. The summed E-state index contributed by atoms with van der Waals surface area (Å²) < 4.78 is 14.8. The van der Waals surface area contributed by atoms with Gasteiger partial charge in [-0.25, -0.2) is 4.79 Å². The van der Waals surface area contributed by atoms with Gasteiger partial charge in [0.25, 0.3) is 5.19 Å². The molecule has 0 spiro atoms. The van der Waals surface area contributed by atoms with E-state index in [4.69, 9.17) is 14.6 Å². The summed E-state index contributed by atoms with van der Waals surface area (Å²) in [7, 11) is 1.45. The molecule has 1 N–H and O–H groups in total. The van der Waals surface area contributed by atoms with Crippen LogP contribution in [-0.2, 0) is 6.42 Å². The zero-order valence-electron chi connectivity index (χ0n) is 10.4. The van der Waals surface area contributed by atoms with Crippen LogP contribution in [0.1, 0.15) is 23.1 Å². The molecule has 0 aliphatic rings. The van der Waals surface area contributed by atoms with Crippen molar-refractivity contribution in [3.8, 4) is 16.7 Å². The Bertz CT molecular complexity index is 597. The van der Waals surface area contributed by atoms with Crippen molar-refractivity contribution in [2.24, 2.45) is 0 Å². The van der Waals surface area contributed by atoms with Crippen molar-refractivity contribution in [3.63, 3.8) is 0 Å². The Hall–Kier alpha value is -2.15. The van der Waals surface area contributed by atoms with Gasteiger partial charge in [-0.3, -0.25) is 0 Å². The maximum Gasteiger partial charge on any atom is 0.335 e. The molecule has 0 atom stereocenters. The van der Waals surface area contributed by atoms with Crippen LogP contribution < -0.4 is 9.47 Å². The van der Waals surface area contributed by atoms with Crippen molar-refractivity contribution in [2.45, 2.75) is 13.3 Å². The smallest absolute Gasteiger partial charge is 0.335 e. The van der Waals surface area contributed by atoms with Gasteiger partial charge in [0.2, 0.25) is 0 Å². The molecule has 0 amide bonds. The quantitative estimate of drug-likeness (QED) is 0.906. The van der Waals surface area contributed by atoms with E-state index in [1.54, 1.807) is 0 Å². The van der Waals surface area contributed by atoms with Crippen molar-refractivity contribution < 1.29 is 19.4 Å². The van der Waals surface area contributed by atoms with E-state index < -0.39 is 5.97 Å². The van der Waals surface area contributed by atoms with Gasteiger partial charge in [-0.05, 0) is 18.2 Å². The highest BCUT2D eigenvalue weighted by molar-refractivity contribution is 7.07. The predicted molar refractivity (Wildman–Crippen MR) is 69.3 cm³/mol. The number of methoxy groups -OCH3 is 1. The number of carbonyl (C=O) groups is 1. The highest BCUT2D eigenvalue weighted by atomic mass is 32.1. The van der Waals surface area contributed by atoms with Crippen LogP contribution in [0.25, 0.3) is 0 Å². The molecule has 1 aromatic carbocycles. The molecule has 0 unspecified atom stereocenters. The van der Waals surface area contributed by atoms with Crippen LogP contribution in [0, 0.1) is 0 Å². The van der Waals surface area contributed by atoms with E-state index in [0.717, 1.165) is 18.0 Å². The van der Waals surface area contributed by atoms with Gasteiger partial charge in [0.1, 0.15) is 5.82 Å². The fourth-order valence-corrected chi connectivity index (χ4v) is 2.03. The van der Waals surface area contributed by atoms with Crippen LogP contribution in [0.5, 0.6) is 16.7 Å². The van der Waals surface area contributed by atoms with Gasteiger partial charge >= 0.3 is 5.97 Å². The van der Waals surface area contributed by atoms with Crippen molar-refractivity contribution in [3.05, 3.63) is 29.6 Å². The fraction of sp³-hybridized carbons (Fsp3) is 0.250. The Kier molecular flexibility index (Phi) is 3.96. The summed E-state index contributed by atoms with van der Waals surface area (Å²) in [6.45, 7) is 1.95. The number of carboxylic acid groups (broad SMARTS) is 1. The molecule has 1 aromatic heterocycles. The Morgan fingerprint density at radius 3 is 2.79 bits per heavy atom. The van der Waals surface area contributed by atoms with Crippen LogP contribution in [-0.4, -0.2) is 27.5 Å². The van der Waals surface area contributed by atoms with Crippen LogP contribution >= 0.6 is 11.5 Å². The maximum atomic E-state index is 10.9. The first kappa shape index (κ1) is 13.3. The normalized spacial score (nSPS) is 10.2. The van der Waals surface area contributed by atoms with Gasteiger partial charge in [0.15, 0.2) is 11.5 Å². The number of rotatable bonds is 5. The molecular formula is C12H12N2O4S. The first-order valence-corrected chi connectivity index (χ1v) is 6.33. The van der Waals surface area contributed by atoms with Crippen molar-refractivity contribution in [1.29, 1.82) is 0 Å². The van der Waals surface area contributed by atoms with Gasteiger partial charge in [-0.15, -0.1) is 0 Å². The fourth-order valence-electron chi connectivity index (χ4n) is 1.40. The molecule has 0 saturated carbocycles. The number of hydrogen-bond donors (Lipinski definition) is 1. The molecular weight excluding hydrogens is 268 g/mol. The van der Waals surface area contributed by atoms with Gasteiger partial charge < -0.3 is 14.6 Å². The van der Waals surface area contributed by atoms with E-state index in [9.17, 15) is 4.79 Å². The number of hydrogen-bond acceptors (Lipinski definition) is 6. The first-order chi connectivity index (χ1) is 9.13. The average Bonchev–Trinajstić information content (AvgIpc) is 2.86. The SMILES string of the molecule is CCc1nsc(Oc2ccc(C(=O)O)cc2OC)n1. The molecule has 19 heavy (non-hydrogen) atoms. The van der Waals surface area contributed by atoms with E-state index in [2.05, 4.69) is 9.36 Å². The van der Waals surface area contributed by atoms with Gasteiger partial charge in [-0.2, -0.15) is 9.36 Å². The second-order valence-electron chi connectivity index (χ2n) is 3.60. The third-order valence-corrected chi connectivity index (χ3v) is 3.01. The summed E-state index contributed by atoms with van der Waals surface area (Å²) in [5.41, 5.74) is 0.135. The summed E-state index contributed by atoms with van der Waals surface area (Å²) in [5.74, 6) is 0.439. The number of ether oxygens (including phenoxy) is 2. The van der Waals surface area contributed by atoms with E-state index in [0.29, 0.717) is 22.5 Å². The summed E-state index contributed by atoms with van der Waals surface area (Å²) in [6.07, 6.45) is 0.731.